The largest absolute Gasteiger partial charge is 1.00 e. The first-order chi connectivity index (χ1) is 7.47. The fraction of sp³-hybridized carbons (Fsp3) is 0.700. The SMILES string of the molecule is CCCCCC(=O)N[C@@H](CC(=O)[O-])C(=O)[O-].[Na+].[Na+]. The van der Waals surface area contributed by atoms with Gasteiger partial charge in [-0.1, -0.05) is 19.8 Å². The van der Waals surface area contributed by atoms with E-state index in [1.807, 2.05) is 6.92 Å². The van der Waals surface area contributed by atoms with Crippen LogP contribution < -0.4 is 74.6 Å². The van der Waals surface area contributed by atoms with Crippen LogP contribution in [0.3, 0.4) is 0 Å². The van der Waals surface area contributed by atoms with Gasteiger partial charge in [0.25, 0.3) is 0 Å². The maximum atomic E-state index is 11.2. The molecule has 1 N–H and O–H groups in total. The summed E-state index contributed by atoms with van der Waals surface area (Å²) in [4.78, 5) is 31.9. The minimum Gasteiger partial charge on any atom is -0.550 e. The first-order valence-electron chi connectivity index (χ1n) is 5.17. The quantitative estimate of drug-likeness (QED) is 0.349. The molecule has 0 unspecified atom stereocenters. The van der Waals surface area contributed by atoms with Gasteiger partial charge in [-0.05, 0) is 6.42 Å². The van der Waals surface area contributed by atoms with Crippen LogP contribution in [0.2, 0.25) is 0 Å². The van der Waals surface area contributed by atoms with Crippen LogP contribution in [0.15, 0.2) is 0 Å². The predicted molar refractivity (Wildman–Crippen MR) is 50.7 cm³/mol. The van der Waals surface area contributed by atoms with Gasteiger partial charge in [-0.3, -0.25) is 4.79 Å². The summed E-state index contributed by atoms with van der Waals surface area (Å²) >= 11 is 0. The molecule has 8 heteroatoms. The van der Waals surface area contributed by atoms with Gasteiger partial charge in [-0.15, -0.1) is 0 Å². The van der Waals surface area contributed by atoms with E-state index in [-0.39, 0.29) is 65.5 Å². The maximum absolute atomic E-state index is 11.2. The van der Waals surface area contributed by atoms with E-state index in [1.165, 1.54) is 0 Å². The molecule has 1 amide bonds. The molecule has 0 heterocycles. The standard InChI is InChI=1S/C10H17NO5.2Na/c1-2-3-4-5-8(12)11-7(10(15)16)6-9(13)14;;/h7H,2-6H2,1H3,(H,11,12)(H,13,14)(H,15,16);;/q;2*+1/p-2/t7-;;/m0../s1. The van der Waals surface area contributed by atoms with E-state index >= 15 is 0 Å². The molecule has 0 radical (unpaired) electrons. The average Bonchev–Trinajstić information content (AvgIpc) is 2.16. The summed E-state index contributed by atoms with van der Waals surface area (Å²) in [5.74, 6) is -3.64. The first kappa shape index (κ1) is 23.5. The normalized spacial score (nSPS) is 10.5. The zero-order valence-electron chi connectivity index (χ0n) is 11.2. The number of carboxylic acid groups (broad SMARTS) is 2. The summed E-state index contributed by atoms with van der Waals surface area (Å²) < 4.78 is 0. The number of aliphatic carboxylic acids is 2. The Morgan fingerprint density at radius 3 is 2.06 bits per heavy atom. The van der Waals surface area contributed by atoms with E-state index in [2.05, 4.69) is 5.32 Å². The van der Waals surface area contributed by atoms with Gasteiger partial charge < -0.3 is 25.1 Å². The molecule has 0 aliphatic heterocycles. The van der Waals surface area contributed by atoms with Gasteiger partial charge in [0.05, 0.1) is 12.0 Å². The van der Waals surface area contributed by atoms with Crippen molar-refractivity contribution >= 4 is 17.8 Å². The van der Waals surface area contributed by atoms with Gasteiger partial charge in [0.15, 0.2) is 0 Å². The van der Waals surface area contributed by atoms with Crippen LogP contribution in [0.4, 0.5) is 0 Å². The molecule has 0 aliphatic rings. The molecular formula is C10H15NNa2O5. The molecule has 0 aromatic carbocycles. The van der Waals surface area contributed by atoms with Gasteiger partial charge in [-0.2, -0.15) is 0 Å². The van der Waals surface area contributed by atoms with Crippen molar-refractivity contribution in [1.82, 2.24) is 5.32 Å². The summed E-state index contributed by atoms with van der Waals surface area (Å²) in [5, 5.41) is 22.8. The Balaban J connectivity index is -0.00000112. The van der Waals surface area contributed by atoms with Crippen LogP contribution in [0.25, 0.3) is 0 Å². The molecule has 0 aliphatic carbocycles. The summed E-state index contributed by atoms with van der Waals surface area (Å²) in [7, 11) is 0. The molecular weight excluding hydrogens is 260 g/mol. The Hall–Kier alpha value is 0.410. The number of unbranched alkanes of at least 4 members (excludes halogenated alkanes) is 2. The summed E-state index contributed by atoms with van der Waals surface area (Å²) in [6, 6.07) is -1.51. The molecule has 0 aromatic rings. The molecule has 6 nitrogen and oxygen atoms in total. The van der Waals surface area contributed by atoms with Crippen molar-refractivity contribution in [2.45, 2.75) is 45.1 Å². The molecule has 0 fully saturated rings. The molecule has 92 valence electrons. The third-order valence-electron chi connectivity index (χ3n) is 2.00. The molecule has 0 aromatic heterocycles. The number of rotatable bonds is 8. The second-order valence-electron chi connectivity index (χ2n) is 3.47. The topological polar surface area (TPSA) is 109 Å². The van der Waals surface area contributed by atoms with Crippen molar-refractivity contribution in [3.05, 3.63) is 0 Å². The van der Waals surface area contributed by atoms with Gasteiger partial charge >= 0.3 is 59.1 Å². The monoisotopic (exact) mass is 275 g/mol. The van der Waals surface area contributed by atoms with E-state index in [0.717, 1.165) is 12.8 Å². The number of nitrogens with one attached hydrogen (secondary N) is 1. The van der Waals surface area contributed by atoms with Gasteiger partial charge in [0.2, 0.25) is 5.91 Å². The molecule has 0 rings (SSSR count). The van der Waals surface area contributed by atoms with E-state index < -0.39 is 30.3 Å². The van der Waals surface area contributed by atoms with Gasteiger partial charge in [-0.25, -0.2) is 0 Å². The summed E-state index contributed by atoms with van der Waals surface area (Å²) in [6.45, 7) is 1.97. The van der Waals surface area contributed by atoms with Crippen molar-refractivity contribution < 1.29 is 83.7 Å². The van der Waals surface area contributed by atoms with Crippen molar-refractivity contribution in [3.63, 3.8) is 0 Å². The van der Waals surface area contributed by atoms with Crippen LogP contribution in [-0.4, -0.2) is 23.9 Å². The average molecular weight is 275 g/mol. The number of carboxylic acids is 2. The number of carbonyl (C=O) groups is 3. The fourth-order valence-electron chi connectivity index (χ4n) is 1.16. The van der Waals surface area contributed by atoms with Crippen LogP contribution in [0, 0.1) is 0 Å². The van der Waals surface area contributed by atoms with Crippen LogP contribution in [-0.2, 0) is 14.4 Å². The third kappa shape index (κ3) is 12.9. The zero-order chi connectivity index (χ0) is 12.6. The van der Waals surface area contributed by atoms with E-state index in [4.69, 9.17) is 0 Å². The number of amides is 1. The molecule has 1 atom stereocenters. The van der Waals surface area contributed by atoms with Gasteiger partial charge in [0, 0.05) is 18.8 Å². The molecule has 0 spiro atoms. The number of hydrogen-bond donors (Lipinski definition) is 1. The van der Waals surface area contributed by atoms with Crippen molar-refractivity contribution in [2.75, 3.05) is 0 Å². The molecule has 0 bridgehead atoms. The Labute approximate surface area is 150 Å². The minimum atomic E-state index is -1.62. The Bertz CT molecular complexity index is 273. The van der Waals surface area contributed by atoms with Crippen molar-refractivity contribution in [2.24, 2.45) is 0 Å². The van der Waals surface area contributed by atoms with Crippen LogP contribution in [0.1, 0.15) is 39.0 Å². The first-order valence-corrected chi connectivity index (χ1v) is 5.17. The maximum Gasteiger partial charge on any atom is 1.00 e. The Kier molecular flexibility index (Phi) is 18.1. The van der Waals surface area contributed by atoms with E-state index in [1.54, 1.807) is 0 Å². The predicted octanol–water partition coefficient (Wildman–Crippen LogP) is -8.05. The summed E-state index contributed by atoms with van der Waals surface area (Å²) in [6.07, 6.45) is 1.86. The van der Waals surface area contributed by atoms with Crippen molar-refractivity contribution in [3.8, 4) is 0 Å². The minimum absolute atomic E-state index is 0. The molecule has 0 saturated heterocycles. The number of hydrogen-bond acceptors (Lipinski definition) is 5. The van der Waals surface area contributed by atoms with Crippen LogP contribution in [0.5, 0.6) is 0 Å². The molecule has 0 saturated carbocycles. The fourth-order valence-corrected chi connectivity index (χ4v) is 1.16. The molecule has 18 heavy (non-hydrogen) atoms. The van der Waals surface area contributed by atoms with Gasteiger partial charge in [0.1, 0.15) is 0 Å². The smallest absolute Gasteiger partial charge is 0.550 e. The number of carbonyl (C=O) groups excluding carboxylic acids is 3. The van der Waals surface area contributed by atoms with E-state index in [9.17, 15) is 24.6 Å². The summed E-state index contributed by atoms with van der Waals surface area (Å²) in [5.41, 5.74) is 0. The third-order valence-corrected chi connectivity index (χ3v) is 2.00. The Morgan fingerprint density at radius 1 is 1.11 bits per heavy atom. The zero-order valence-corrected chi connectivity index (χ0v) is 15.2. The second-order valence-corrected chi connectivity index (χ2v) is 3.47. The van der Waals surface area contributed by atoms with Crippen LogP contribution >= 0.6 is 0 Å². The van der Waals surface area contributed by atoms with E-state index in [0.29, 0.717) is 6.42 Å². The van der Waals surface area contributed by atoms with Crippen molar-refractivity contribution in [1.29, 1.82) is 0 Å². The Morgan fingerprint density at radius 2 is 1.67 bits per heavy atom. The second kappa shape index (κ2) is 13.8.